The van der Waals surface area contributed by atoms with E-state index in [2.05, 4.69) is 29.8 Å². The van der Waals surface area contributed by atoms with Gasteiger partial charge in [0.05, 0.1) is 10.6 Å². The van der Waals surface area contributed by atoms with E-state index < -0.39 is 15.4 Å². The molecule has 1 aliphatic rings. The maximum absolute atomic E-state index is 12.4. The summed E-state index contributed by atoms with van der Waals surface area (Å²) in [6.45, 7) is 12.3. The summed E-state index contributed by atoms with van der Waals surface area (Å²) >= 11 is 0. The van der Waals surface area contributed by atoms with Crippen molar-refractivity contribution in [3.63, 3.8) is 0 Å². The van der Waals surface area contributed by atoms with Crippen LogP contribution in [0, 0.1) is 0 Å². The van der Waals surface area contributed by atoms with Crippen LogP contribution in [0.15, 0.2) is 47.5 Å². The standard InChI is InChI=1S/C26H37N3O4S/c1-19(2)29(22-13-15-28(16-14-22)25(30)33-26(3,4)5)18-20-7-12-24(27-17-20)21-8-10-23(11-9-21)34(6,31)32/h7-12,17,19,22H,13-16,18H2,1-6H3. The SMILES string of the molecule is CC(C)N(Cc1ccc(-c2ccc(S(C)(=O)=O)cc2)nc1)C1CCN(C(=O)OC(C)(C)C)CC1. The predicted octanol–water partition coefficient (Wildman–Crippen LogP) is 4.76. The number of carbonyl (C=O) groups excluding carboxylic acids is 1. The maximum atomic E-state index is 12.4. The van der Waals surface area contributed by atoms with Gasteiger partial charge in [0.25, 0.3) is 0 Å². The highest BCUT2D eigenvalue weighted by Gasteiger charge is 2.30. The van der Waals surface area contributed by atoms with Crippen LogP contribution in [0.4, 0.5) is 4.79 Å². The zero-order valence-corrected chi connectivity index (χ0v) is 21.9. The molecule has 1 fully saturated rings. The molecule has 1 amide bonds. The Balaban J connectivity index is 1.62. The first-order valence-corrected chi connectivity index (χ1v) is 13.7. The first kappa shape index (κ1) is 26.2. The van der Waals surface area contributed by atoms with E-state index in [0.717, 1.165) is 36.2 Å². The number of amides is 1. The van der Waals surface area contributed by atoms with E-state index in [-0.39, 0.29) is 6.09 Å². The van der Waals surface area contributed by atoms with Gasteiger partial charge in [0.15, 0.2) is 9.84 Å². The van der Waals surface area contributed by atoms with Crippen LogP contribution in [-0.4, -0.2) is 66.3 Å². The van der Waals surface area contributed by atoms with E-state index in [1.165, 1.54) is 6.26 Å². The van der Waals surface area contributed by atoms with Crippen LogP contribution in [0.2, 0.25) is 0 Å². The number of piperidine rings is 1. The van der Waals surface area contributed by atoms with Crippen molar-refractivity contribution in [3.05, 3.63) is 48.2 Å². The van der Waals surface area contributed by atoms with E-state index in [4.69, 9.17) is 4.74 Å². The van der Waals surface area contributed by atoms with Crippen LogP contribution >= 0.6 is 0 Å². The monoisotopic (exact) mass is 487 g/mol. The van der Waals surface area contributed by atoms with Crippen LogP contribution in [0.25, 0.3) is 11.3 Å². The smallest absolute Gasteiger partial charge is 0.410 e. The summed E-state index contributed by atoms with van der Waals surface area (Å²) in [6.07, 6.45) is 4.69. The van der Waals surface area contributed by atoms with E-state index in [9.17, 15) is 13.2 Å². The van der Waals surface area contributed by atoms with Gasteiger partial charge in [-0.1, -0.05) is 18.2 Å². The van der Waals surface area contributed by atoms with Gasteiger partial charge in [-0.25, -0.2) is 13.2 Å². The largest absolute Gasteiger partial charge is 0.444 e. The summed E-state index contributed by atoms with van der Waals surface area (Å²) < 4.78 is 28.9. The topological polar surface area (TPSA) is 79.8 Å². The molecular formula is C26H37N3O4S. The fraction of sp³-hybridized carbons (Fsp3) is 0.538. The molecule has 8 heteroatoms. The molecule has 0 bridgehead atoms. The highest BCUT2D eigenvalue weighted by atomic mass is 32.2. The van der Waals surface area contributed by atoms with Crippen molar-refractivity contribution in [1.82, 2.24) is 14.8 Å². The summed E-state index contributed by atoms with van der Waals surface area (Å²) in [5.74, 6) is 0. The zero-order chi connectivity index (χ0) is 25.1. The van der Waals surface area contributed by atoms with Crippen molar-refractivity contribution in [3.8, 4) is 11.3 Å². The van der Waals surface area contributed by atoms with Gasteiger partial charge in [0.2, 0.25) is 0 Å². The highest BCUT2D eigenvalue weighted by Crippen LogP contribution is 2.24. The number of benzene rings is 1. The quantitative estimate of drug-likeness (QED) is 0.584. The van der Waals surface area contributed by atoms with Crippen LogP contribution in [0.5, 0.6) is 0 Å². The number of ether oxygens (including phenoxy) is 1. The molecular weight excluding hydrogens is 450 g/mol. The van der Waals surface area contributed by atoms with Crippen molar-refractivity contribution >= 4 is 15.9 Å². The number of likely N-dealkylation sites (tertiary alicyclic amines) is 1. The van der Waals surface area contributed by atoms with Gasteiger partial charge in [0.1, 0.15) is 5.60 Å². The molecule has 0 saturated carbocycles. The molecule has 0 aliphatic carbocycles. The Hall–Kier alpha value is -2.45. The van der Waals surface area contributed by atoms with Crippen LogP contribution in [0.3, 0.4) is 0 Å². The van der Waals surface area contributed by atoms with Gasteiger partial charge in [-0.15, -0.1) is 0 Å². The molecule has 0 atom stereocenters. The number of aromatic nitrogens is 1. The minimum absolute atomic E-state index is 0.230. The number of pyridine rings is 1. The van der Waals surface area contributed by atoms with E-state index in [1.807, 2.05) is 37.9 Å². The second-order valence-corrected chi connectivity index (χ2v) is 12.3. The van der Waals surface area contributed by atoms with Gasteiger partial charge in [0, 0.05) is 49.7 Å². The average Bonchev–Trinajstić information content (AvgIpc) is 2.76. The summed E-state index contributed by atoms with van der Waals surface area (Å²) in [5.41, 5.74) is 2.34. The molecule has 0 unspecified atom stereocenters. The zero-order valence-electron chi connectivity index (χ0n) is 21.1. The summed E-state index contributed by atoms with van der Waals surface area (Å²) in [6, 6.07) is 11.6. The minimum Gasteiger partial charge on any atom is -0.444 e. The lowest BCUT2D eigenvalue weighted by molar-refractivity contribution is 0.0112. The van der Waals surface area contributed by atoms with E-state index in [0.29, 0.717) is 30.1 Å². The van der Waals surface area contributed by atoms with Crippen LogP contribution in [0.1, 0.15) is 53.0 Å². The van der Waals surface area contributed by atoms with Gasteiger partial charge in [-0.05, 0) is 71.2 Å². The number of hydrogen-bond donors (Lipinski definition) is 0. The second kappa shape index (κ2) is 10.4. The Bertz CT molecular complexity index is 1070. The average molecular weight is 488 g/mol. The van der Waals surface area contributed by atoms with Crippen molar-refractivity contribution in [2.45, 2.75) is 76.6 Å². The van der Waals surface area contributed by atoms with Crippen molar-refractivity contribution in [2.75, 3.05) is 19.3 Å². The van der Waals surface area contributed by atoms with Gasteiger partial charge in [-0.2, -0.15) is 0 Å². The lowest BCUT2D eigenvalue weighted by atomic mass is 10.0. The third kappa shape index (κ3) is 7.03. The molecule has 1 aliphatic heterocycles. The summed E-state index contributed by atoms with van der Waals surface area (Å²) in [5, 5.41) is 0. The fourth-order valence-corrected chi connectivity index (χ4v) is 4.84. The molecule has 2 aromatic rings. The fourth-order valence-electron chi connectivity index (χ4n) is 4.21. The summed E-state index contributed by atoms with van der Waals surface area (Å²) in [4.78, 5) is 21.6. The molecule has 186 valence electrons. The molecule has 1 aromatic heterocycles. The Kier molecular flexibility index (Phi) is 8.03. The Labute approximate surface area is 204 Å². The molecule has 0 radical (unpaired) electrons. The second-order valence-electron chi connectivity index (χ2n) is 10.3. The third-order valence-corrected chi connectivity index (χ3v) is 7.15. The number of nitrogens with zero attached hydrogens (tertiary/aromatic N) is 3. The number of hydrogen-bond acceptors (Lipinski definition) is 6. The third-order valence-electron chi connectivity index (χ3n) is 6.02. The van der Waals surface area contributed by atoms with Gasteiger partial charge >= 0.3 is 6.09 Å². The van der Waals surface area contributed by atoms with Crippen LogP contribution in [-0.2, 0) is 21.1 Å². The number of sulfone groups is 1. The van der Waals surface area contributed by atoms with Crippen molar-refractivity contribution < 1.29 is 17.9 Å². The molecule has 7 nitrogen and oxygen atoms in total. The van der Waals surface area contributed by atoms with Gasteiger partial charge in [-0.3, -0.25) is 9.88 Å². The maximum Gasteiger partial charge on any atom is 0.410 e. The first-order valence-electron chi connectivity index (χ1n) is 11.8. The van der Waals surface area contributed by atoms with E-state index >= 15 is 0 Å². The van der Waals surface area contributed by atoms with Crippen LogP contribution < -0.4 is 0 Å². The lowest BCUT2D eigenvalue weighted by Crippen LogP contribution is -2.49. The molecule has 0 N–H and O–H groups in total. The predicted molar refractivity (Wildman–Crippen MR) is 134 cm³/mol. The molecule has 34 heavy (non-hydrogen) atoms. The summed E-state index contributed by atoms with van der Waals surface area (Å²) in [7, 11) is -3.21. The van der Waals surface area contributed by atoms with Crippen molar-refractivity contribution in [2.24, 2.45) is 0 Å². The molecule has 2 heterocycles. The normalized spacial score (nSPS) is 15.7. The lowest BCUT2D eigenvalue weighted by Gasteiger charge is -2.40. The molecule has 1 saturated heterocycles. The Morgan fingerprint density at radius 3 is 2.21 bits per heavy atom. The molecule has 3 rings (SSSR count). The highest BCUT2D eigenvalue weighted by molar-refractivity contribution is 7.90. The molecule has 1 aromatic carbocycles. The molecule has 0 spiro atoms. The van der Waals surface area contributed by atoms with Gasteiger partial charge < -0.3 is 9.64 Å². The number of rotatable bonds is 6. The number of carbonyl (C=O) groups is 1. The minimum atomic E-state index is -3.21. The van der Waals surface area contributed by atoms with E-state index in [1.54, 1.807) is 24.3 Å². The Morgan fingerprint density at radius 2 is 1.74 bits per heavy atom. The Morgan fingerprint density at radius 1 is 1.12 bits per heavy atom. The first-order chi connectivity index (χ1) is 15.8. The van der Waals surface area contributed by atoms with Crippen molar-refractivity contribution in [1.29, 1.82) is 0 Å².